The average molecular weight is 270 g/mol. The van der Waals surface area contributed by atoms with Gasteiger partial charge in [-0.1, -0.05) is 11.6 Å². The number of halogens is 1. The molecule has 0 aliphatic heterocycles. The fraction of sp³-hybridized carbons (Fsp3) is 0.462. The molecule has 1 N–H and O–H groups in total. The Balaban J connectivity index is 2.04. The number of carboxylic acids is 1. The Hall–Kier alpha value is -1.42. The van der Waals surface area contributed by atoms with Gasteiger partial charge in [0, 0.05) is 18.8 Å². The molecule has 1 fully saturated rings. The predicted octanol–water partition coefficient (Wildman–Crippen LogP) is 2.65. The zero-order chi connectivity index (χ0) is 13.3. The number of rotatable bonds is 4. The third-order valence-electron chi connectivity index (χ3n) is 3.55. The molecule has 0 amide bonds. The Labute approximate surface area is 111 Å². The third kappa shape index (κ3) is 2.38. The number of anilines is 1. The van der Waals surface area contributed by atoms with Crippen molar-refractivity contribution in [3.63, 3.8) is 0 Å². The fourth-order valence-electron chi connectivity index (χ4n) is 2.19. The molecule has 1 aliphatic rings. The molecule has 1 aromatic carbocycles. The van der Waals surface area contributed by atoms with E-state index in [4.69, 9.17) is 21.4 Å². The molecule has 0 spiro atoms. The highest BCUT2D eigenvalue weighted by atomic mass is 35.5. The SMILES string of the molecule is COc1ccc(N(C)C2CC(C(=O)O)C2)cc1Cl. The van der Waals surface area contributed by atoms with Crippen molar-refractivity contribution < 1.29 is 14.6 Å². The third-order valence-corrected chi connectivity index (χ3v) is 3.85. The zero-order valence-electron chi connectivity index (χ0n) is 10.4. The van der Waals surface area contributed by atoms with Crippen LogP contribution in [-0.4, -0.2) is 31.3 Å². The van der Waals surface area contributed by atoms with Crippen LogP contribution < -0.4 is 9.64 Å². The summed E-state index contributed by atoms with van der Waals surface area (Å²) in [5.74, 6) is -0.260. The molecule has 0 unspecified atom stereocenters. The molecule has 0 aromatic heterocycles. The summed E-state index contributed by atoms with van der Waals surface area (Å²) < 4.78 is 5.10. The van der Waals surface area contributed by atoms with E-state index in [1.165, 1.54) is 0 Å². The molecule has 1 saturated carbocycles. The van der Waals surface area contributed by atoms with E-state index in [9.17, 15) is 4.79 Å². The number of carbonyl (C=O) groups is 1. The van der Waals surface area contributed by atoms with E-state index in [-0.39, 0.29) is 12.0 Å². The van der Waals surface area contributed by atoms with Gasteiger partial charge in [-0.25, -0.2) is 0 Å². The molecule has 0 atom stereocenters. The van der Waals surface area contributed by atoms with Gasteiger partial charge in [-0.15, -0.1) is 0 Å². The normalized spacial score (nSPS) is 22.2. The zero-order valence-corrected chi connectivity index (χ0v) is 11.1. The van der Waals surface area contributed by atoms with Gasteiger partial charge in [-0.3, -0.25) is 4.79 Å². The van der Waals surface area contributed by atoms with E-state index in [2.05, 4.69) is 4.90 Å². The second-order valence-corrected chi connectivity index (χ2v) is 5.00. The smallest absolute Gasteiger partial charge is 0.306 e. The minimum Gasteiger partial charge on any atom is -0.495 e. The Bertz CT molecular complexity index is 458. The van der Waals surface area contributed by atoms with Gasteiger partial charge >= 0.3 is 5.97 Å². The van der Waals surface area contributed by atoms with Crippen molar-refractivity contribution in [3.8, 4) is 5.75 Å². The highest BCUT2D eigenvalue weighted by Gasteiger charge is 2.36. The molecule has 0 heterocycles. The fourth-order valence-corrected chi connectivity index (χ4v) is 2.44. The quantitative estimate of drug-likeness (QED) is 0.913. The lowest BCUT2D eigenvalue weighted by molar-refractivity contribution is -0.145. The lowest BCUT2D eigenvalue weighted by Gasteiger charge is -2.40. The van der Waals surface area contributed by atoms with Crippen LogP contribution in [0.15, 0.2) is 18.2 Å². The topological polar surface area (TPSA) is 49.8 Å². The van der Waals surface area contributed by atoms with Gasteiger partial charge < -0.3 is 14.7 Å². The summed E-state index contributed by atoms with van der Waals surface area (Å²) >= 11 is 6.07. The van der Waals surface area contributed by atoms with E-state index >= 15 is 0 Å². The molecule has 4 nitrogen and oxygen atoms in total. The van der Waals surface area contributed by atoms with Crippen LogP contribution in [0.25, 0.3) is 0 Å². The highest BCUT2D eigenvalue weighted by molar-refractivity contribution is 6.32. The largest absolute Gasteiger partial charge is 0.495 e. The maximum absolute atomic E-state index is 10.8. The van der Waals surface area contributed by atoms with Gasteiger partial charge in [0.2, 0.25) is 0 Å². The molecule has 0 radical (unpaired) electrons. The van der Waals surface area contributed by atoms with Gasteiger partial charge in [0.25, 0.3) is 0 Å². The highest BCUT2D eigenvalue weighted by Crippen LogP contribution is 2.36. The molecule has 1 aliphatic carbocycles. The molecule has 5 heteroatoms. The minimum atomic E-state index is -0.701. The summed E-state index contributed by atoms with van der Waals surface area (Å²) in [6.07, 6.45) is 1.38. The van der Waals surface area contributed by atoms with Crippen molar-refractivity contribution >= 4 is 23.3 Å². The number of hydrogen-bond donors (Lipinski definition) is 1. The van der Waals surface area contributed by atoms with Gasteiger partial charge in [0.15, 0.2) is 0 Å². The first-order valence-corrected chi connectivity index (χ1v) is 6.20. The summed E-state index contributed by atoms with van der Waals surface area (Å²) in [6.45, 7) is 0. The number of benzene rings is 1. The van der Waals surface area contributed by atoms with Crippen molar-refractivity contribution in [3.05, 3.63) is 23.2 Å². The molecular formula is C13H16ClNO3. The Morgan fingerprint density at radius 1 is 1.50 bits per heavy atom. The molecule has 2 rings (SSSR count). The average Bonchev–Trinajstić information content (AvgIpc) is 2.26. The van der Waals surface area contributed by atoms with Crippen LogP contribution in [-0.2, 0) is 4.79 Å². The van der Waals surface area contributed by atoms with Crippen molar-refractivity contribution in [1.29, 1.82) is 0 Å². The van der Waals surface area contributed by atoms with E-state index in [1.807, 2.05) is 25.2 Å². The number of methoxy groups -OCH3 is 1. The number of aliphatic carboxylic acids is 1. The maximum Gasteiger partial charge on any atom is 0.306 e. The summed E-state index contributed by atoms with van der Waals surface area (Å²) in [4.78, 5) is 12.8. The van der Waals surface area contributed by atoms with Crippen molar-refractivity contribution in [1.82, 2.24) is 0 Å². The van der Waals surface area contributed by atoms with E-state index in [0.29, 0.717) is 23.6 Å². The van der Waals surface area contributed by atoms with Crippen molar-refractivity contribution in [2.24, 2.45) is 5.92 Å². The molecular weight excluding hydrogens is 254 g/mol. The second kappa shape index (κ2) is 5.06. The van der Waals surface area contributed by atoms with Gasteiger partial charge in [0.1, 0.15) is 5.75 Å². The maximum atomic E-state index is 10.8. The van der Waals surface area contributed by atoms with Crippen molar-refractivity contribution in [2.75, 3.05) is 19.1 Å². The summed E-state index contributed by atoms with van der Waals surface area (Å²) in [5.41, 5.74) is 0.981. The van der Waals surface area contributed by atoms with Crippen LogP contribution in [0.1, 0.15) is 12.8 Å². The number of ether oxygens (including phenoxy) is 1. The summed E-state index contributed by atoms with van der Waals surface area (Å²) in [5, 5.41) is 9.43. The molecule has 0 bridgehead atoms. The lowest BCUT2D eigenvalue weighted by Crippen LogP contribution is -2.45. The lowest BCUT2D eigenvalue weighted by atomic mass is 9.79. The summed E-state index contributed by atoms with van der Waals surface area (Å²) in [7, 11) is 3.54. The first-order valence-electron chi connectivity index (χ1n) is 5.82. The number of carboxylic acid groups (broad SMARTS) is 1. The Morgan fingerprint density at radius 3 is 2.67 bits per heavy atom. The van der Waals surface area contributed by atoms with Crippen LogP contribution in [0.2, 0.25) is 5.02 Å². The van der Waals surface area contributed by atoms with E-state index < -0.39 is 5.97 Å². The Morgan fingerprint density at radius 2 is 2.17 bits per heavy atom. The van der Waals surface area contributed by atoms with Crippen LogP contribution >= 0.6 is 11.6 Å². The van der Waals surface area contributed by atoms with Gasteiger partial charge in [-0.05, 0) is 31.0 Å². The standard InChI is InChI=1S/C13H16ClNO3/c1-15(10-5-8(6-10)13(16)17)9-3-4-12(18-2)11(14)7-9/h3-4,7-8,10H,5-6H2,1-2H3,(H,16,17). The number of nitrogens with zero attached hydrogens (tertiary/aromatic N) is 1. The summed E-state index contributed by atoms with van der Waals surface area (Å²) in [6, 6.07) is 5.87. The van der Waals surface area contributed by atoms with Crippen molar-refractivity contribution in [2.45, 2.75) is 18.9 Å². The van der Waals surface area contributed by atoms with Gasteiger partial charge in [0.05, 0.1) is 18.1 Å². The van der Waals surface area contributed by atoms with Crippen LogP contribution in [0.3, 0.4) is 0 Å². The minimum absolute atomic E-state index is 0.203. The first-order chi connectivity index (χ1) is 8.52. The molecule has 0 saturated heterocycles. The number of hydrogen-bond acceptors (Lipinski definition) is 3. The van der Waals surface area contributed by atoms with Gasteiger partial charge in [-0.2, -0.15) is 0 Å². The molecule has 98 valence electrons. The monoisotopic (exact) mass is 269 g/mol. The Kier molecular flexibility index (Phi) is 3.66. The van der Waals surface area contributed by atoms with Crippen LogP contribution in [0.5, 0.6) is 5.75 Å². The predicted molar refractivity (Wildman–Crippen MR) is 70.6 cm³/mol. The first kappa shape index (κ1) is 13.0. The van der Waals surface area contributed by atoms with E-state index in [1.54, 1.807) is 7.11 Å². The van der Waals surface area contributed by atoms with Crippen LogP contribution in [0, 0.1) is 5.92 Å². The van der Waals surface area contributed by atoms with E-state index in [0.717, 1.165) is 5.69 Å². The molecule has 1 aromatic rings. The van der Waals surface area contributed by atoms with Crippen LogP contribution in [0.4, 0.5) is 5.69 Å². The molecule has 18 heavy (non-hydrogen) atoms. The second-order valence-electron chi connectivity index (χ2n) is 4.59.